The van der Waals surface area contributed by atoms with Crippen LogP contribution in [0, 0.1) is 27.7 Å². The standard InChI is InChI=1S/C36H40N6O2/c1-7-11-29(36-40-21-39-35(42-36)28-17-15-23(4)19-25(28)6)32(44-31-13-10-9-12-30(31)43)26(8-2)33-37-20-38-34(41-33)27-16-14-22(3)18-24(27)5/h9-10,12-21,26,29,32,43H,7-8,11H2,1-6H3. The Labute approximate surface area is 259 Å². The van der Waals surface area contributed by atoms with Crippen molar-refractivity contribution in [3.8, 4) is 34.3 Å². The van der Waals surface area contributed by atoms with Crippen LogP contribution < -0.4 is 4.74 Å². The molecule has 3 atom stereocenters. The minimum absolute atomic E-state index is 0.0702. The second-order valence-electron chi connectivity index (χ2n) is 11.4. The fourth-order valence-electron chi connectivity index (χ4n) is 5.82. The first kappa shape index (κ1) is 30.7. The molecular weight excluding hydrogens is 548 g/mol. The third-order valence-electron chi connectivity index (χ3n) is 8.05. The molecule has 226 valence electrons. The van der Waals surface area contributed by atoms with Crippen LogP contribution in [0.2, 0.25) is 0 Å². The molecule has 0 radical (unpaired) electrons. The summed E-state index contributed by atoms with van der Waals surface area (Å²) in [5.41, 5.74) is 6.51. The number of hydrogen-bond donors (Lipinski definition) is 1. The lowest BCUT2D eigenvalue weighted by molar-refractivity contribution is 0.120. The van der Waals surface area contributed by atoms with Gasteiger partial charge in [0.05, 0.1) is 11.8 Å². The predicted molar refractivity (Wildman–Crippen MR) is 173 cm³/mol. The lowest BCUT2D eigenvalue weighted by Crippen LogP contribution is -2.34. The Balaban J connectivity index is 1.62. The normalized spacial score (nSPS) is 13.3. The Morgan fingerprint density at radius 2 is 1.23 bits per heavy atom. The van der Waals surface area contributed by atoms with Crippen molar-refractivity contribution in [3.63, 3.8) is 0 Å². The Morgan fingerprint density at radius 1 is 0.682 bits per heavy atom. The zero-order chi connectivity index (χ0) is 31.2. The van der Waals surface area contributed by atoms with Crippen LogP contribution in [0.1, 0.15) is 78.8 Å². The molecule has 0 bridgehead atoms. The molecule has 2 heterocycles. The molecule has 8 nitrogen and oxygen atoms in total. The highest BCUT2D eigenvalue weighted by molar-refractivity contribution is 5.61. The van der Waals surface area contributed by atoms with Gasteiger partial charge in [0.2, 0.25) is 0 Å². The Kier molecular flexibility index (Phi) is 9.58. The van der Waals surface area contributed by atoms with Crippen LogP contribution in [-0.2, 0) is 0 Å². The summed E-state index contributed by atoms with van der Waals surface area (Å²) in [6.45, 7) is 12.5. The molecule has 44 heavy (non-hydrogen) atoms. The van der Waals surface area contributed by atoms with Gasteiger partial charge >= 0.3 is 0 Å². The molecule has 3 unspecified atom stereocenters. The van der Waals surface area contributed by atoms with E-state index in [2.05, 4.69) is 92.9 Å². The highest BCUT2D eigenvalue weighted by Gasteiger charge is 2.37. The maximum Gasteiger partial charge on any atom is 0.163 e. The molecule has 5 rings (SSSR count). The summed E-state index contributed by atoms with van der Waals surface area (Å²) in [6, 6.07) is 19.6. The molecule has 1 N–H and O–H groups in total. The number of hydrogen-bond acceptors (Lipinski definition) is 8. The Bertz CT molecular complexity index is 1740. The molecule has 0 amide bonds. The summed E-state index contributed by atoms with van der Waals surface area (Å²) in [6.07, 6.45) is 4.98. The van der Waals surface area contributed by atoms with Gasteiger partial charge in [-0.1, -0.05) is 79.9 Å². The highest BCUT2D eigenvalue weighted by Crippen LogP contribution is 2.39. The molecule has 3 aromatic carbocycles. The number of nitrogens with zero attached hydrogens (tertiary/aromatic N) is 6. The number of rotatable bonds is 11. The van der Waals surface area contributed by atoms with E-state index in [4.69, 9.17) is 19.7 Å². The summed E-state index contributed by atoms with van der Waals surface area (Å²) in [5.74, 6) is 2.49. The van der Waals surface area contributed by atoms with Gasteiger partial charge in [-0.05, 0) is 63.8 Å². The summed E-state index contributed by atoms with van der Waals surface area (Å²) in [5, 5.41) is 10.8. The van der Waals surface area contributed by atoms with Crippen LogP contribution in [0.5, 0.6) is 11.5 Å². The quantitative estimate of drug-likeness (QED) is 0.166. The number of aromatic hydroxyl groups is 1. The second-order valence-corrected chi connectivity index (χ2v) is 11.4. The van der Waals surface area contributed by atoms with E-state index in [1.807, 2.05) is 6.07 Å². The van der Waals surface area contributed by atoms with Gasteiger partial charge in [0.1, 0.15) is 30.4 Å². The van der Waals surface area contributed by atoms with Crippen molar-refractivity contribution >= 4 is 0 Å². The zero-order valence-corrected chi connectivity index (χ0v) is 26.3. The summed E-state index contributed by atoms with van der Waals surface area (Å²) in [7, 11) is 0. The molecule has 0 saturated carbocycles. The zero-order valence-electron chi connectivity index (χ0n) is 26.3. The monoisotopic (exact) mass is 588 g/mol. The maximum absolute atomic E-state index is 10.8. The Hall–Kier alpha value is -4.72. The molecule has 0 aliphatic heterocycles. The first-order chi connectivity index (χ1) is 21.3. The summed E-state index contributed by atoms with van der Waals surface area (Å²) < 4.78 is 6.74. The molecule has 0 spiro atoms. The largest absolute Gasteiger partial charge is 0.504 e. The topological polar surface area (TPSA) is 107 Å². The Morgan fingerprint density at radius 3 is 1.73 bits per heavy atom. The van der Waals surface area contributed by atoms with Gasteiger partial charge in [-0.2, -0.15) is 0 Å². The van der Waals surface area contributed by atoms with Crippen LogP contribution in [0.15, 0.2) is 73.3 Å². The number of ether oxygens (including phenoxy) is 1. The third kappa shape index (κ3) is 6.75. The van der Waals surface area contributed by atoms with Crippen molar-refractivity contribution in [2.45, 2.75) is 78.7 Å². The predicted octanol–water partition coefficient (Wildman–Crippen LogP) is 7.85. The second kappa shape index (κ2) is 13.7. The van der Waals surface area contributed by atoms with Crippen molar-refractivity contribution in [1.82, 2.24) is 29.9 Å². The molecule has 0 aliphatic rings. The average molecular weight is 589 g/mol. The van der Waals surface area contributed by atoms with E-state index in [-0.39, 0.29) is 17.6 Å². The fourth-order valence-corrected chi connectivity index (χ4v) is 5.82. The van der Waals surface area contributed by atoms with E-state index in [1.54, 1.807) is 30.9 Å². The molecule has 5 aromatic rings. The maximum atomic E-state index is 10.8. The number of phenols is 1. The van der Waals surface area contributed by atoms with Crippen LogP contribution in [0.25, 0.3) is 22.8 Å². The number of aryl methyl sites for hydroxylation is 4. The SMILES string of the molecule is CCCC(c1ncnc(-c2ccc(C)cc2C)n1)C(Oc1ccccc1O)C(CC)c1ncnc(-c2ccc(C)cc2C)n1. The number of aromatic nitrogens is 6. The van der Waals surface area contributed by atoms with Crippen molar-refractivity contribution in [2.24, 2.45) is 0 Å². The van der Waals surface area contributed by atoms with Crippen LogP contribution in [-0.4, -0.2) is 41.1 Å². The lowest BCUT2D eigenvalue weighted by atomic mass is 9.84. The van der Waals surface area contributed by atoms with Gasteiger partial charge in [-0.3, -0.25) is 0 Å². The first-order valence-electron chi connectivity index (χ1n) is 15.3. The van der Waals surface area contributed by atoms with E-state index in [9.17, 15) is 5.11 Å². The van der Waals surface area contributed by atoms with Crippen LogP contribution in [0.3, 0.4) is 0 Å². The molecule has 2 aromatic heterocycles. The van der Waals surface area contributed by atoms with E-state index in [1.165, 1.54) is 11.1 Å². The van der Waals surface area contributed by atoms with Gasteiger partial charge in [0, 0.05) is 11.1 Å². The fraction of sp³-hybridized carbons (Fsp3) is 0.333. The smallest absolute Gasteiger partial charge is 0.163 e. The molecule has 0 saturated heterocycles. The van der Waals surface area contributed by atoms with E-state index < -0.39 is 6.10 Å². The minimum atomic E-state index is -0.489. The third-order valence-corrected chi connectivity index (χ3v) is 8.05. The van der Waals surface area contributed by atoms with Gasteiger partial charge in [0.15, 0.2) is 23.1 Å². The number of benzene rings is 3. The molecular formula is C36H40N6O2. The van der Waals surface area contributed by atoms with E-state index in [0.29, 0.717) is 35.5 Å². The van der Waals surface area contributed by atoms with Crippen LogP contribution >= 0.6 is 0 Å². The van der Waals surface area contributed by atoms with Gasteiger partial charge in [-0.15, -0.1) is 0 Å². The van der Waals surface area contributed by atoms with Gasteiger partial charge in [-0.25, -0.2) is 29.9 Å². The van der Waals surface area contributed by atoms with E-state index in [0.717, 1.165) is 35.1 Å². The summed E-state index contributed by atoms with van der Waals surface area (Å²) >= 11 is 0. The first-order valence-corrected chi connectivity index (χ1v) is 15.3. The number of phenolic OH excluding ortho intramolecular Hbond substituents is 1. The van der Waals surface area contributed by atoms with Gasteiger partial charge in [0.25, 0.3) is 0 Å². The van der Waals surface area contributed by atoms with Crippen molar-refractivity contribution in [1.29, 1.82) is 0 Å². The minimum Gasteiger partial charge on any atom is -0.504 e. The highest BCUT2D eigenvalue weighted by atomic mass is 16.5. The summed E-state index contributed by atoms with van der Waals surface area (Å²) in [4.78, 5) is 28.5. The number of para-hydroxylation sites is 2. The lowest BCUT2D eigenvalue weighted by Gasteiger charge is -2.32. The van der Waals surface area contributed by atoms with Crippen molar-refractivity contribution in [3.05, 3.63) is 107 Å². The molecule has 0 aliphatic carbocycles. The van der Waals surface area contributed by atoms with Crippen molar-refractivity contribution < 1.29 is 9.84 Å². The molecule has 0 fully saturated rings. The molecule has 8 heteroatoms. The average Bonchev–Trinajstić information content (AvgIpc) is 3.01. The van der Waals surface area contributed by atoms with Crippen molar-refractivity contribution in [2.75, 3.05) is 0 Å². The van der Waals surface area contributed by atoms with E-state index >= 15 is 0 Å². The van der Waals surface area contributed by atoms with Crippen LogP contribution in [0.4, 0.5) is 0 Å². The van der Waals surface area contributed by atoms with Gasteiger partial charge < -0.3 is 9.84 Å².